The van der Waals surface area contributed by atoms with Crippen molar-refractivity contribution in [2.45, 2.75) is 0 Å². The Hall–Kier alpha value is -2.12. The van der Waals surface area contributed by atoms with Crippen LogP contribution in [0, 0.1) is 0 Å². The predicted molar refractivity (Wildman–Crippen MR) is 38.9 cm³/mol. The van der Waals surface area contributed by atoms with Gasteiger partial charge >= 0.3 is 5.69 Å². The smallest absolute Gasteiger partial charge is 0.333 e. The molecule has 0 bridgehead atoms. The van der Waals surface area contributed by atoms with E-state index in [1.807, 2.05) is 4.98 Å². The Bertz CT molecular complexity index is 532. The van der Waals surface area contributed by atoms with E-state index in [1.54, 1.807) is 0 Å². The number of aromatic amines is 2. The van der Waals surface area contributed by atoms with Gasteiger partial charge in [-0.25, -0.2) is 4.79 Å². The second kappa shape index (κ2) is 1.94. The van der Waals surface area contributed by atoms with Crippen LogP contribution in [0.2, 0.25) is 0 Å². The third kappa shape index (κ3) is 0.654. The molecule has 0 aliphatic rings. The summed E-state index contributed by atoms with van der Waals surface area (Å²) in [5.74, 6) is 5.24. The van der Waals surface area contributed by atoms with E-state index in [2.05, 4.69) is 15.4 Å². The molecule has 8 heteroatoms. The van der Waals surface area contributed by atoms with Gasteiger partial charge in [0.25, 0.3) is 5.56 Å². The molecule has 0 atom stereocenters. The molecule has 0 aromatic carbocycles. The Morgan fingerprint density at radius 2 is 2.08 bits per heavy atom. The lowest BCUT2D eigenvalue weighted by molar-refractivity contribution is 0.878. The van der Waals surface area contributed by atoms with Crippen molar-refractivity contribution in [3.63, 3.8) is 0 Å². The fraction of sp³-hybridized carbons (Fsp3) is 0. The van der Waals surface area contributed by atoms with Crippen LogP contribution >= 0.6 is 0 Å². The Kier molecular flexibility index (Phi) is 1.06. The van der Waals surface area contributed by atoms with Crippen LogP contribution in [-0.4, -0.2) is 25.1 Å². The molecule has 4 N–H and O–H groups in total. The first kappa shape index (κ1) is 6.58. The second-order valence-corrected chi connectivity index (χ2v) is 2.13. The summed E-state index contributed by atoms with van der Waals surface area (Å²) in [6.07, 6.45) is 0. The normalized spacial score (nSPS) is 10.7. The lowest BCUT2D eigenvalue weighted by Gasteiger charge is -1.93. The number of nitrogens with zero attached hydrogens (tertiary/aromatic N) is 3. The van der Waals surface area contributed by atoms with Gasteiger partial charge in [-0.3, -0.25) is 9.78 Å². The molecule has 0 saturated heterocycles. The summed E-state index contributed by atoms with van der Waals surface area (Å²) in [6.45, 7) is 0. The van der Waals surface area contributed by atoms with Crippen molar-refractivity contribution < 1.29 is 0 Å². The van der Waals surface area contributed by atoms with E-state index < -0.39 is 11.2 Å². The highest BCUT2D eigenvalue weighted by Crippen LogP contribution is 1.92. The van der Waals surface area contributed by atoms with Gasteiger partial charge in [0, 0.05) is 0 Å². The summed E-state index contributed by atoms with van der Waals surface area (Å²) < 4.78 is 0.709. The Labute approximate surface area is 64.0 Å². The lowest BCUT2D eigenvalue weighted by atomic mass is 10.5. The van der Waals surface area contributed by atoms with Crippen molar-refractivity contribution in [3.8, 4) is 0 Å². The van der Waals surface area contributed by atoms with E-state index in [4.69, 9.17) is 5.84 Å². The number of aromatic nitrogens is 5. The molecular weight excluding hydrogens is 164 g/mol. The molecule has 0 fully saturated rings. The quantitative estimate of drug-likeness (QED) is 0.376. The molecule has 0 aliphatic carbocycles. The van der Waals surface area contributed by atoms with Crippen molar-refractivity contribution in [1.29, 1.82) is 0 Å². The van der Waals surface area contributed by atoms with Crippen LogP contribution in [0.5, 0.6) is 0 Å². The van der Waals surface area contributed by atoms with Gasteiger partial charge < -0.3 is 5.84 Å². The maximum atomic E-state index is 11.0. The van der Waals surface area contributed by atoms with Gasteiger partial charge in [0.1, 0.15) is 0 Å². The zero-order chi connectivity index (χ0) is 8.72. The average molecular weight is 168 g/mol. The van der Waals surface area contributed by atoms with Crippen LogP contribution in [0.25, 0.3) is 11.2 Å². The largest absolute Gasteiger partial charge is 0.348 e. The van der Waals surface area contributed by atoms with Gasteiger partial charge in [0.2, 0.25) is 5.65 Å². The molecule has 0 saturated carbocycles. The molecule has 0 unspecified atom stereocenters. The second-order valence-electron chi connectivity index (χ2n) is 2.13. The molecule has 2 aromatic heterocycles. The lowest BCUT2D eigenvalue weighted by Crippen LogP contribution is -2.34. The van der Waals surface area contributed by atoms with Crippen LogP contribution < -0.4 is 17.1 Å². The van der Waals surface area contributed by atoms with Crippen molar-refractivity contribution in [2.24, 2.45) is 0 Å². The van der Waals surface area contributed by atoms with Gasteiger partial charge in [-0.05, 0) is 0 Å². The van der Waals surface area contributed by atoms with E-state index in [0.717, 1.165) is 0 Å². The molecule has 0 radical (unpaired) electrons. The minimum absolute atomic E-state index is 0.0112. The molecule has 12 heavy (non-hydrogen) atoms. The van der Waals surface area contributed by atoms with Gasteiger partial charge in [-0.1, -0.05) is 0 Å². The molecule has 0 amide bonds. The van der Waals surface area contributed by atoms with Crippen molar-refractivity contribution in [2.75, 3.05) is 5.84 Å². The molecule has 0 aliphatic heterocycles. The highest BCUT2D eigenvalue weighted by Gasteiger charge is 2.07. The number of hydrogen-bond donors (Lipinski definition) is 3. The number of rotatable bonds is 0. The Morgan fingerprint density at radius 3 is 2.83 bits per heavy atom. The van der Waals surface area contributed by atoms with E-state index in [0.29, 0.717) is 4.68 Å². The van der Waals surface area contributed by atoms with Gasteiger partial charge in [0.15, 0.2) is 5.52 Å². The summed E-state index contributed by atoms with van der Waals surface area (Å²) in [6, 6.07) is 0. The highest BCUT2D eigenvalue weighted by atomic mass is 16.2. The predicted octanol–water partition coefficient (Wildman–Crippen LogP) is -2.48. The maximum Gasteiger partial charge on any atom is 0.348 e. The first-order valence-electron chi connectivity index (χ1n) is 3.01. The number of hydrogen-bond acceptors (Lipinski definition) is 5. The summed E-state index contributed by atoms with van der Waals surface area (Å²) >= 11 is 0. The highest BCUT2D eigenvalue weighted by molar-refractivity contribution is 5.67. The zero-order valence-electron chi connectivity index (χ0n) is 5.74. The third-order valence-corrected chi connectivity index (χ3v) is 1.41. The first-order chi connectivity index (χ1) is 5.70. The molecule has 2 heterocycles. The Morgan fingerprint density at radius 1 is 1.33 bits per heavy atom. The average Bonchev–Trinajstić information content (AvgIpc) is 2.48. The van der Waals surface area contributed by atoms with Crippen LogP contribution in [-0.2, 0) is 0 Å². The number of H-pyrrole nitrogens is 2. The minimum atomic E-state index is -0.721. The summed E-state index contributed by atoms with van der Waals surface area (Å²) in [4.78, 5) is 23.8. The van der Waals surface area contributed by atoms with Gasteiger partial charge in [0.05, 0.1) is 0 Å². The number of fused-ring (bicyclic) bond motifs is 1. The van der Waals surface area contributed by atoms with Crippen molar-refractivity contribution >= 4 is 11.2 Å². The summed E-state index contributed by atoms with van der Waals surface area (Å²) in [7, 11) is 0. The maximum absolute atomic E-state index is 11.0. The van der Waals surface area contributed by atoms with Gasteiger partial charge in [-0.2, -0.15) is 9.89 Å². The molecule has 8 nitrogen and oxygen atoms in total. The molecule has 2 aromatic rings. The SMILES string of the molecule is Nn1c(=O)[nH]c(=O)c2n[nH]nc21. The molecule has 2 rings (SSSR count). The number of nitrogen functional groups attached to an aromatic ring is 1. The van der Waals surface area contributed by atoms with Crippen molar-refractivity contribution in [3.05, 3.63) is 20.8 Å². The standard InChI is InChI=1S/C4H4N6O2/c5-10-2-1(7-9-8-2)3(11)6-4(10)12/h5H2,(H,6,11,12)(H,7,8,9). The fourth-order valence-corrected chi connectivity index (χ4v) is 0.858. The number of nitrogens with two attached hydrogens (primary N) is 1. The third-order valence-electron chi connectivity index (χ3n) is 1.41. The van der Waals surface area contributed by atoms with Crippen molar-refractivity contribution in [1.82, 2.24) is 25.1 Å². The first-order valence-corrected chi connectivity index (χ1v) is 3.01. The van der Waals surface area contributed by atoms with Crippen LogP contribution in [0.4, 0.5) is 0 Å². The van der Waals surface area contributed by atoms with Crippen LogP contribution in [0.1, 0.15) is 0 Å². The monoisotopic (exact) mass is 168 g/mol. The topological polar surface area (TPSA) is 122 Å². The van der Waals surface area contributed by atoms with E-state index >= 15 is 0 Å². The van der Waals surface area contributed by atoms with Crippen LogP contribution in [0.15, 0.2) is 9.59 Å². The summed E-state index contributed by atoms with van der Waals surface area (Å²) in [5.41, 5.74) is -1.28. The minimum Gasteiger partial charge on any atom is -0.333 e. The molecule has 62 valence electrons. The van der Waals surface area contributed by atoms with E-state index in [9.17, 15) is 9.59 Å². The summed E-state index contributed by atoms with van der Waals surface area (Å²) in [5, 5.41) is 9.21. The molecular formula is C4H4N6O2. The molecule has 0 spiro atoms. The Balaban J connectivity index is 3.18. The van der Waals surface area contributed by atoms with Gasteiger partial charge in [-0.15, -0.1) is 10.2 Å². The van der Waals surface area contributed by atoms with E-state index in [1.165, 1.54) is 0 Å². The zero-order valence-corrected chi connectivity index (χ0v) is 5.74. The fourth-order valence-electron chi connectivity index (χ4n) is 0.858. The van der Waals surface area contributed by atoms with E-state index in [-0.39, 0.29) is 11.2 Å². The van der Waals surface area contributed by atoms with Crippen LogP contribution in [0.3, 0.4) is 0 Å². The number of nitrogens with one attached hydrogen (secondary N) is 2.